The Balaban J connectivity index is 1.42. The highest BCUT2D eigenvalue weighted by atomic mass is 35.5. The zero-order valence-corrected chi connectivity index (χ0v) is 15.7. The number of anilines is 2. The molecular weight excluding hydrogens is 378 g/mol. The normalized spacial score (nSPS) is 12.3. The summed E-state index contributed by atoms with van der Waals surface area (Å²) in [6.07, 6.45) is 3.19. The van der Waals surface area contributed by atoms with E-state index in [1.54, 1.807) is 24.4 Å². The summed E-state index contributed by atoms with van der Waals surface area (Å²) in [4.78, 5) is 16.6. The van der Waals surface area contributed by atoms with Crippen LogP contribution in [0.5, 0.6) is 11.5 Å². The average molecular weight is 396 g/mol. The minimum atomic E-state index is -0.201. The standard InChI is InChI=1S/C21H18ClN3O3/c22-16-3-1-14(2-4-16)11-24-21(26)15-9-18(13-23-12-15)25-17-5-6-19-20(10-17)28-8-7-27-19/h1-6,9-10,12-13,25H,7-8,11H2,(H,24,26). The van der Waals surface area contributed by atoms with Crippen LogP contribution in [0.15, 0.2) is 60.9 Å². The molecule has 1 aliphatic heterocycles. The van der Waals surface area contributed by atoms with E-state index in [1.165, 1.54) is 6.20 Å². The molecule has 2 aromatic carbocycles. The number of ether oxygens (including phenoxy) is 2. The highest BCUT2D eigenvalue weighted by Gasteiger charge is 2.12. The summed E-state index contributed by atoms with van der Waals surface area (Å²) in [5.41, 5.74) is 2.97. The Hall–Kier alpha value is -3.25. The molecule has 0 saturated heterocycles. The number of halogens is 1. The van der Waals surface area contributed by atoms with Gasteiger partial charge in [-0.05, 0) is 35.9 Å². The molecule has 0 radical (unpaired) electrons. The Labute approximate surface area is 167 Å². The van der Waals surface area contributed by atoms with Gasteiger partial charge in [-0.3, -0.25) is 9.78 Å². The number of aromatic nitrogens is 1. The fourth-order valence-electron chi connectivity index (χ4n) is 2.81. The van der Waals surface area contributed by atoms with Crippen molar-refractivity contribution >= 4 is 28.9 Å². The number of benzene rings is 2. The molecule has 0 bridgehead atoms. The quantitative estimate of drug-likeness (QED) is 0.678. The van der Waals surface area contributed by atoms with Gasteiger partial charge >= 0.3 is 0 Å². The van der Waals surface area contributed by atoms with Gasteiger partial charge in [-0.1, -0.05) is 23.7 Å². The van der Waals surface area contributed by atoms with Gasteiger partial charge in [-0.15, -0.1) is 0 Å². The number of pyridine rings is 1. The number of amides is 1. The predicted octanol–water partition coefficient (Wildman–Crippen LogP) is 4.18. The highest BCUT2D eigenvalue weighted by Crippen LogP contribution is 2.33. The summed E-state index contributed by atoms with van der Waals surface area (Å²) in [6.45, 7) is 1.49. The number of hydrogen-bond donors (Lipinski definition) is 2. The van der Waals surface area contributed by atoms with E-state index >= 15 is 0 Å². The van der Waals surface area contributed by atoms with Crippen molar-refractivity contribution in [2.45, 2.75) is 6.54 Å². The summed E-state index contributed by atoms with van der Waals surface area (Å²) in [6, 6.07) is 14.7. The van der Waals surface area contributed by atoms with Crippen molar-refractivity contribution in [1.82, 2.24) is 10.3 Å². The fraction of sp³-hybridized carbons (Fsp3) is 0.143. The third kappa shape index (κ3) is 4.35. The van der Waals surface area contributed by atoms with Crippen LogP contribution in [-0.4, -0.2) is 24.1 Å². The monoisotopic (exact) mass is 395 g/mol. The molecule has 0 saturated carbocycles. The summed E-state index contributed by atoms with van der Waals surface area (Å²) < 4.78 is 11.1. The van der Waals surface area contributed by atoms with Crippen LogP contribution in [0.2, 0.25) is 5.02 Å². The van der Waals surface area contributed by atoms with Crippen molar-refractivity contribution in [2.75, 3.05) is 18.5 Å². The van der Waals surface area contributed by atoms with Gasteiger partial charge in [0.25, 0.3) is 5.91 Å². The second-order valence-electron chi connectivity index (χ2n) is 6.25. The second-order valence-corrected chi connectivity index (χ2v) is 6.69. The van der Waals surface area contributed by atoms with Crippen LogP contribution in [0, 0.1) is 0 Å². The Bertz CT molecular complexity index is 992. The molecule has 0 spiro atoms. The molecule has 0 fully saturated rings. The van der Waals surface area contributed by atoms with Crippen LogP contribution in [0.3, 0.4) is 0 Å². The van der Waals surface area contributed by atoms with E-state index in [0.29, 0.717) is 41.8 Å². The fourth-order valence-corrected chi connectivity index (χ4v) is 2.93. The van der Waals surface area contributed by atoms with E-state index < -0.39 is 0 Å². The summed E-state index contributed by atoms with van der Waals surface area (Å²) >= 11 is 5.88. The second kappa shape index (κ2) is 8.19. The maximum atomic E-state index is 12.4. The number of carbonyl (C=O) groups excluding carboxylic acids is 1. The highest BCUT2D eigenvalue weighted by molar-refractivity contribution is 6.30. The smallest absolute Gasteiger partial charge is 0.253 e. The molecule has 0 unspecified atom stereocenters. The molecule has 3 aromatic rings. The van der Waals surface area contributed by atoms with Crippen molar-refractivity contribution in [1.29, 1.82) is 0 Å². The van der Waals surface area contributed by atoms with Gasteiger partial charge in [-0.2, -0.15) is 0 Å². The molecule has 142 valence electrons. The van der Waals surface area contributed by atoms with Crippen molar-refractivity contribution in [3.8, 4) is 11.5 Å². The van der Waals surface area contributed by atoms with Crippen LogP contribution in [0.25, 0.3) is 0 Å². The average Bonchev–Trinajstić information content (AvgIpc) is 2.73. The van der Waals surface area contributed by atoms with Gasteiger partial charge in [0, 0.05) is 29.5 Å². The van der Waals surface area contributed by atoms with Gasteiger partial charge in [0.1, 0.15) is 13.2 Å². The summed E-state index contributed by atoms with van der Waals surface area (Å²) in [5.74, 6) is 1.22. The maximum absolute atomic E-state index is 12.4. The molecule has 1 aromatic heterocycles. The van der Waals surface area contributed by atoms with Crippen molar-refractivity contribution in [3.63, 3.8) is 0 Å². The van der Waals surface area contributed by atoms with Gasteiger partial charge in [-0.25, -0.2) is 0 Å². The minimum absolute atomic E-state index is 0.201. The van der Waals surface area contributed by atoms with E-state index in [0.717, 1.165) is 17.0 Å². The third-order valence-electron chi connectivity index (χ3n) is 4.20. The molecule has 1 amide bonds. The van der Waals surface area contributed by atoms with Crippen LogP contribution in [0.1, 0.15) is 15.9 Å². The first-order valence-corrected chi connectivity index (χ1v) is 9.19. The molecule has 2 heterocycles. The van der Waals surface area contributed by atoms with Crippen molar-refractivity contribution < 1.29 is 14.3 Å². The van der Waals surface area contributed by atoms with E-state index in [4.69, 9.17) is 21.1 Å². The lowest BCUT2D eigenvalue weighted by atomic mass is 10.2. The number of hydrogen-bond acceptors (Lipinski definition) is 5. The van der Waals surface area contributed by atoms with E-state index in [1.807, 2.05) is 30.3 Å². The number of rotatable bonds is 5. The molecule has 1 aliphatic rings. The Morgan fingerprint density at radius 2 is 1.75 bits per heavy atom. The third-order valence-corrected chi connectivity index (χ3v) is 4.45. The molecule has 4 rings (SSSR count). The van der Waals surface area contributed by atoms with Gasteiger partial charge in [0.15, 0.2) is 11.5 Å². The molecule has 0 atom stereocenters. The Morgan fingerprint density at radius 1 is 0.964 bits per heavy atom. The first-order valence-electron chi connectivity index (χ1n) is 8.82. The first-order chi connectivity index (χ1) is 13.7. The topological polar surface area (TPSA) is 72.5 Å². The summed E-state index contributed by atoms with van der Waals surface area (Å²) in [5, 5.41) is 6.78. The first kappa shape index (κ1) is 18.1. The summed E-state index contributed by atoms with van der Waals surface area (Å²) in [7, 11) is 0. The molecule has 0 aliphatic carbocycles. The Morgan fingerprint density at radius 3 is 2.57 bits per heavy atom. The predicted molar refractivity (Wildman–Crippen MR) is 108 cm³/mol. The van der Waals surface area contributed by atoms with Crippen LogP contribution >= 0.6 is 11.6 Å². The molecular formula is C21H18ClN3O3. The van der Waals surface area contributed by atoms with Gasteiger partial charge < -0.3 is 20.1 Å². The number of carbonyl (C=O) groups is 1. The lowest BCUT2D eigenvalue weighted by molar-refractivity contribution is 0.0950. The van der Waals surface area contributed by atoms with Gasteiger partial charge in [0.2, 0.25) is 0 Å². The lowest BCUT2D eigenvalue weighted by Gasteiger charge is -2.19. The van der Waals surface area contributed by atoms with Gasteiger partial charge in [0.05, 0.1) is 17.4 Å². The van der Waals surface area contributed by atoms with Crippen molar-refractivity contribution in [3.05, 3.63) is 77.1 Å². The van der Waals surface area contributed by atoms with E-state index in [9.17, 15) is 4.79 Å². The SMILES string of the molecule is O=C(NCc1ccc(Cl)cc1)c1cncc(Nc2ccc3c(c2)OCCO3)c1. The maximum Gasteiger partial charge on any atom is 0.253 e. The van der Waals surface area contributed by atoms with Crippen LogP contribution in [-0.2, 0) is 6.54 Å². The molecule has 2 N–H and O–H groups in total. The largest absolute Gasteiger partial charge is 0.486 e. The molecule has 28 heavy (non-hydrogen) atoms. The van der Waals surface area contributed by atoms with E-state index in [2.05, 4.69) is 15.6 Å². The molecule has 7 heteroatoms. The number of fused-ring (bicyclic) bond motifs is 1. The Kier molecular flexibility index (Phi) is 5.30. The lowest BCUT2D eigenvalue weighted by Crippen LogP contribution is -2.23. The van der Waals surface area contributed by atoms with Crippen LogP contribution in [0.4, 0.5) is 11.4 Å². The number of nitrogens with one attached hydrogen (secondary N) is 2. The molecule has 6 nitrogen and oxygen atoms in total. The zero-order valence-electron chi connectivity index (χ0n) is 14.9. The van der Waals surface area contributed by atoms with Crippen LogP contribution < -0.4 is 20.1 Å². The minimum Gasteiger partial charge on any atom is -0.486 e. The van der Waals surface area contributed by atoms with E-state index in [-0.39, 0.29) is 5.91 Å². The zero-order chi connectivity index (χ0) is 19.3. The van der Waals surface area contributed by atoms with Crippen molar-refractivity contribution in [2.24, 2.45) is 0 Å². The number of nitrogens with zero attached hydrogens (tertiary/aromatic N) is 1.